The van der Waals surface area contributed by atoms with Gasteiger partial charge in [-0.3, -0.25) is 0 Å². The van der Waals surface area contributed by atoms with E-state index in [4.69, 9.17) is 4.74 Å². The molecule has 1 aliphatic carbocycles. The molecule has 2 aliphatic rings. The van der Waals surface area contributed by atoms with Crippen LogP contribution in [0.15, 0.2) is 42.0 Å². The number of rotatable bonds is 4. The SMILES string of the molecule is CCC1(C)C=Cc2c(O)cc(CCC3=CCCC=C3)cc2O1. The molecule has 1 heterocycles. The molecule has 3 rings (SSSR count). The van der Waals surface area contributed by atoms with Crippen LogP contribution in [-0.4, -0.2) is 10.7 Å². The van der Waals surface area contributed by atoms with E-state index in [0.717, 1.165) is 49.0 Å². The summed E-state index contributed by atoms with van der Waals surface area (Å²) in [6.45, 7) is 4.19. The minimum atomic E-state index is -0.271. The molecule has 0 fully saturated rings. The van der Waals surface area contributed by atoms with Crippen LogP contribution in [0.1, 0.15) is 50.7 Å². The van der Waals surface area contributed by atoms with Crippen molar-refractivity contribution in [1.82, 2.24) is 0 Å². The first-order chi connectivity index (χ1) is 10.6. The van der Waals surface area contributed by atoms with Gasteiger partial charge in [0, 0.05) is 0 Å². The number of aromatic hydroxyl groups is 1. The van der Waals surface area contributed by atoms with Crippen molar-refractivity contribution in [2.24, 2.45) is 0 Å². The molecular formula is C20H24O2. The van der Waals surface area contributed by atoms with Crippen LogP contribution in [0.5, 0.6) is 11.5 Å². The minimum absolute atomic E-state index is 0.271. The normalized spacial score (nSPS) is 22.9. The van der Waals surface area contributed by atoms with Crippen molar-refractivity contribution < 1.29 is 9.84 Å². The first kappa shape index (κ1) is 15.0. The molecule has 0 amide bonds. The standard InChI is InChI=1S/C20H24O2/c1-3-20(2)12-11-17-18(21)13-16(14-19(17)22-20)10-9-15-7-5-4-6-8-15/h5,7-8,11-14,21H,3-4,6,9-10H2,1-2H3. The Morgan fingerprint density at radius 3 is 2.77 bits per heavy atom. The van der Waals surface area contributed by atoms with Crippen LogP contribution in [-0.2, 0) is 6.42 Å². The van der Waals surface area contributed by atoms with Gasteiger partial charge < -0.3 is 9.84 Å². The van der Waals surface area contributed by atoms with Crippen LogP contribution in [0.2, 0.25) is 0 Å². The first-order valence-electron chi connectivity index (χ1n) is 8.19. The summed E-state index contributed by atoms with van der Waals surface area (Å²) in [7, 11) is 0. The van der Waals surface area contributed by atoms with Gasteiger partial charge in [-0.15, -0.1) is 0 Å². The van der Waals surface area contributed by atoms with Gasteiger partial charge in [0.25, 0.3) is 0 Å². The summed E-state index contributed by atoms with van der Waals surface area (Å²) in [4.78, 5) is 0. The van der Waals surface area contributed by atoms with Crippen LogP contribution in [0.3, 0.4) is 0 Å². The van der Waals surface area contributed by atoms with Gasteiger partial charge >= 0.3 is 0 Å². The van der Waals surface area contributed by atoms with Gasteiger partial charge in [0.15, 0.2) is 0 Å². The van der Waals surface area contributed by atoms with Crippen LogP contribution < -0.4 is 4.74 Å². The van der Waals surface area contributed by atoms with Crippen LogP contribution in [0.4, 0.5) is 0 Å². The maximum atomic E-state index is 10.3. The average molecular weight is 296 g/mol. The molecule has 2 nitrogen and oxygen atoms in total. The highest BCUT2D eigenvalue weighted by atomic mass is 16.5. The lowest BCUT2D eigenvalue weighted by atomic mass is 9.95. The molecule has 2 heteroatoms. The zero-order chi connectivity index (χ0) is 15.6. The Hall–Kier alpha value is -1.96. The maximum absolute atomic E-state index is 10.3. The molecule has 0 saturated carbocycles. The molecule has 0 radical (unpaired) electrons. The van der Waals surface area contributed by atoms with Crippen molar-refractivity contribution in [3.05, 3.63) is 53.1 Å². The number of phenols is 1. The van der Waals surface area contributed by atoms with Crippen molar-refractivity contribution in [2.45, 2.75) is 51.6 Å². The van der Waals surface area contributed by atoms with Crippen molar-refractivity contribution in [2.75, 3.05) is 0 Å². The van der Waals surface area contributed by atoms with Gasteiger partial charge in [-0.1, -0.05) is 30.7 Å². The molecule has 0 bridgehead atoms. The Kier molecular flexibility index (Phi) is 4.10. The van der Waals surface area contributed by atoms with Crippen LogP contribution in [0.25, 0.3) is 6.08 Å². The second-order valence-electron chi connectivity index (χ2n) is 6.39. The van der Waals surface area contributed by atoms with Gasteiger partial charge in [-0.25, -0.2) is 0 Å². The molecule has 1 atom stereocenters. The molecule has 22 heavy (non-hydrogen) atoms. The molecular weight excluding hydrogens is 272 g/mol. The topological polar surface area (TPSA) is 29.5 Å². The van der Waals surface area contributed by atoms with E-state index in [1.54, 1.807) is 0 Å². The molecule has 1 aromatic carbocycles. The Balaban J connectivity index is 1.79. The summed E-state index contributed by atoms with van der Waals surface area (Å²) < 4.78 is 6.11. The van der Waals surface area contributed by atoms with E-state index < -0.39 is 0 Å². The third-order valence-electron chi connectivity index (χ3n) is 4.60. The minimum Gasteiger partial charge on any atom is -0.507 e. The number of aryl methyl sites for hydroxylation is 1. The molecule has 0 spiro atoms. The predicted octanol–water partition coefficient (Wildman–Crippen LogP) is 5.18. The lowest BCUT2D eigenvalue weighted by molar-refractivity contribution is 0.133. The summed E-state index contributed by atoms with van der Waals surface area (Å²) in [5, 5.41) is 10.3. The highest BCUT2D eigenvalue weighted by Gasteiger charge is 2.26. The molecule has 0 saturated heterocycles. The maximum Gasteiger partial charge on any atom is 0.131 e. The number of benzene rings is 1. The number of hydrogen-bond acceptors (Lipinski definition) is 2. The quantitative estimate of drug-likeness (QED) is 0.830. The summed E-state index contributed by atoms with van der Waals surface area (Å²) in [5.74, 6) is 1.12. The molecule has 116 valence electrons. The Bertz CT molecular complexity index is 652. The van der Waals surface area contributed by atoms with Gasteiger partial charge in [-0.2, -0.15) is 0 Å². The number of allylic oxidation sites excluding steroid dienone is 4. The van der Waals surface area contributed by atoms with Crippen molar-refractivity contribution >= 4 is 6.08 Å². The second kappa shape index (κ2) is 6.04. The molecule has 0 aromatic heterocycles. The second-order valence-corrected chi connectivity index (χ2v) is 6.39. The Morgan fingerprint density at radius 2 is 2.05 bits per heavy atom. The number of hydrogen-bond donors (Lipinski definition) is 1. The number of ether oxygens (including phenoxy) is 1. The van der Waals surface area contributed by atoms with E-state index in [0.29, 0.717) is 5.75 Å². The molecule has 1 unspecified atom stereocenters. The molecule has 1 aliphatic heterocycles. The van der Waals surface area contributed by atoms with E-state index >= 15 is 0 Å². The highest BCUT2D eigenvalue weighted by Crippen LogP contribution is 2.39. The van der Waals surface area contributed by atoms with Gasteiger partial charge in [0.1, 0.15) is 17.1 Å². The summed E-state index contributed by atoms with van der Waals surface area (Å²) in [5.41, 5.74) is 3.05. The highest BCUT2D eigenvalue weighted by molar-refractivity contribution is 5.67. The van der Waals surface area contributed by atoms with Gasteiger partial charge in [0.05, 0.1) is 5.56 Å². The summed E-state index contributed by atoms with van der Waals surface area (Å²) in [6, 6.07) is 3.95. The monoisotopic (exact) mass is 296 g/mol. The first-order valence-corrected chi connectivity index (χ1v) is 8.19. The third-order valence-corrected chi connectivity index (χ3v) is 4.60. The van der Waals surface area contributed by atoms with E-state index in [2.05, 4.69) is 38.1 Å². The van der Waals surface area contributed by atoms with Crippen molar-refractivity contribution in [3.63, 3.8) is 0 Å². The largest absolute Gasteiger partial charge is 0.507 e. The summed E-state index contributed by atoms with van der Waals surface area (Å²) >= 11 is 0. The zero-order valence-corrected chi connectivity index (χ0v) is 13.4. The fourth-order valence-electron chi connectivity index (χ4n) is 2.94. The van der Waals surface area contributed by atoms with E-state index in [1.807, 2.05) is 18.2 Å². The third kappa shape index (κ3) is 3.11. The van der Waals surface area contributed by atoms with E-state index in [9.17, 15) is 5.11 Å². The van der Waals surface area contributed by atoms with E-state index in [1.165, 1.54) is 5.57 Å². The van der Waals surface area contributed by atoms with Crippen molar-refractivity contribution in [3.8, 4) is 11.5 Å². The lowest BCUT2D eigenvalue weighted by Crippen LogP contribution is -2.30. The zero-order valence-electron chi connectivity index (χ0n) is 13.4. The van der Waals surface area contributed by atoms with E-state index in [-0.39, 0.29) is 5.60 Å². The molecule has 1 aromatic rings. The summed E-state index contributed by atoms with van der Waals surface area (Å²) in [6.07, 6.45) is 15.9. The van der Waals surface area contributed by atoms with Crippen LogP contribution >= 0.6 is 0 Å². The fraction of sp³-hybridized carbons (Fsp3) is 0.400. The Morgan fingerprint density at radius 1 is 1.18 bits per heavy atom. The predicted molar refractivity (Wildman–Crippen MR) is 91.2 cm³/mol. The van der Waals surface area contributed by atoms with Gasteiger partial charge in [0.2, 0.25) is 0 Å². The smallest absolute Gasteiger partial charge is 0.131 e. The lowest BCUT2D eigenvalue weighted by Gasteiger charge is -2.31. The number of phenolic OH excluding ortho intramolecular Hbond substituents is 1. The van der Waals surface area contributed by atoms with Crippen LogP contribution in [0, 0.1) is 0 Å². The fourth-order valence-corrected chi connectivity index (χ4v) is 2.94. The van der Waals surface area contributed by atoms with Crippen molar-refractivity contribution in [1.29, 1.82) is 0 Å². The van der Waals surface area contributed by atoms with Gasteiger partial charge in [-0.05, 0) is 68.9 Å². The Labute approximate surface area is 132 Å². The molecule has 1 N–H and O–H groups in total. The number of fused-ring (bicyclic) bond motifs is 1. The average Bonchev–Trinajstić information content (AvgIpc) is 2.53.